The lowest BCUT2D eigenvalue weighted by atomic mass is 10.2. The zero-order chi connectivity index (χ0) is 10.2. The molecule has 0 heterocycles. The first-order valence-electron chi connectivity index (χ1n) is 4.87. The third kappa shape index (κ3) is 4.25. The lowest BCUT2D eigenvalue weighted by Crippen LogP contribution is -2.24. The Bertz CT molecular complexity index is 238. The van der Waals surface area contributed by atoms with Crippen LogP contribution in [0.3, 0.4) is 0 Å². The number of ether oxygens (including phenoxy) is 1. The Kier molecular flexibility index (Phi) is 5.04. The quantitative estimate of drug-likeness (QED) is 0.670. The fraction of sp³-hybridized carbons (Fsp3) is 0.455. The van der Waals surface area contributed by atoms with Gasteiger partial charge in [-0.1, -0.05) is 18.2 Å². The van der Waals surface area contributed by atoms with E-state index in [1.807, 2.05) is 30.3 Å². The third-order valence-electron chi connectivity index (χ3n) is 1.97. The minimum atomic E-state index is -0.116. The van der Waals surface area contributed by atoms with Gasteiger partial charge in [-0.2, -0.15) is 0 Å². The minimum Gasteiger partial charge on any atom is -0.494 e. The molecule has 3 N–H and O–H groups in total. The summed E-state index contributed by atoms with van der Waals surface area (Å²) in [7, 11) is 0. The van der Waals surface area contributed by atoms with E-state index in [0.29, 0.717) is 6.61 Å². The molecule has 0 aliphatic rings. The maximum atomic E-state index is 8.69. The van der Waals surface area contributed by atoms with Gasteiger partial charge in [-0.3, -0.25) is 0 Å². The van der Waals surface area contributed by atoms with Crippen molar-refractivity contribution in [1.82, 2.24) is 0 Å². The molecule has 0 aliphatic heterocycles. The topological polar surface area (TPSA) is 55.5 Å². The second-order valence-corrected chi connectivity index (χ2v) is 3.25. The molecule has 0 saturated carbocycles. The van der Waals surface area contributed by atoms with Crippen molar-refractivity contribution in [3.05, 3.63) is 30.3 Å². The molecule has 3 nitrogen and oxygen atoms in total. The van der Waals surface area contributed by atoms with Gasteiger partial charge >= 0.3 is 0 Å². The SMILES string of the molecule is NC(CO)CCCOc1ccccc1. The Labute approximate surface area is 84.5 Å². The Hall–Kier alpha value is -1.06. The fourth-order valence-corrected chi connectivity index (χ4v) is 1.14. The number of nitrogens with two attached hydrogens (primary N) is 1. The van der Waals surface area contributed by atoms with Gasteiger partial charge in [0, 0.05) is 6.04 Å². The molecule has 0 aliphatic carbocycles. The van der Waals surface area contributed by atoms with E-state index in [1.54, 1.807) is 0 Å². The summed E-state index contributed by atoms with van der Waals surface area (Å²) in [5.41, 5.74) is 5.55. The Morgan fingerprint density at radius 1 is 1.29 bits per heavy atom. The monoisotopic (exact) mass is 195 g/mol. The molecule has 0 saturated heterocycles. The number of aliphatic hydroxyl groups is 1. The molecule has 0 bridgehead atoms. The minimum absolute atomic E-state index is 0.0470. The predicted octanol–water partition coefficient (Wildman–Crippen LogP) is 1.17. The Balaban J connectivity index is 2.10. The molecule has 1 atom stereocenters. The maximum absolute atomic E-state index is 8.69. The Morgan fingerprint density at radius 3 is 2.64 bits per heavy atom. The molecule has 1 aromatic rings. The molecule has 0 spiro atoms. The van der Waals surface area contributed by atoms with E-state index in [-0.39, 0.29) is 12.6 Å². The van der Waals surface area contributed by atoms with E-state index >= 15 is 0 Å². The number of hydrogen-bond donors (Lipinski definition) is 2. The first kappa shape index (κ1) is 11.0. The van der Waals surface area contributed by atoms with E-state index in [2.05, 4.69) is 0 Å². The standard InChI is InChI=1S/C11H17NO2/c12-10(9-13)5-4-8-14-11-6-2-1-3-7-11/h1-3,6-7,10,13H,4-5,8-9,12H2. The van der Waals surface area contributed by atoms with E-state index in [0.717, 1.165) is 18.6 Å². The van der Waals surface area contributed by atoms with Crippen LogP contribution >= 0.6 is 0 Å². The molecule has 0 aromatic heterocycles. The van der Waals surface area contributed by atoms with Gasteiger partial charge in [0.1, 0.15) is 5.75 Å². The highest BCUT2D eigenvalue weighted by Gasteiger charge is 1.99. The lowest BCUT2D eigenvalue weighted by Gasteiger charge is -2.08. The second kappa shape index (κ2) is 6.40. The van der Waals surface area contributed by atoms with Gasteiger partial charge in [-0.05, 0) is 25.0 Å². The molecule has 0 radical (unpaired) electrons. The van der Waals surface area contributed by atoms with Crippen molar-refractivity contribution in [2.45, 2.75) is 18.9 Å². The van der Waals surface area contributed by atoms with Crippen molar-refractivity contribution in [2.75, 3.05) is 13.2 Å². The summed E-state index contributed by atoms with van der Waals surface area (Å²) in [6.07, 6.45) is 1.67. The molecule has 1 rings (SSSR count). The molecule has 3 heteroatoms. The Morgan fingerprint density at radius 2 is 2.00 bits per heavy atom. The maximum Gasteiger partial charge on any atom is 0.119 e. The van der Waals surface area contributed by atoms with Gasteiger partial charge < -0.3 is 15.6 Å². The average molecular weight is 195 g/mol. The van der Waals surface area contributed by atoms with Crippen LogP contribution in [-0.4, -0.2) is 24.4 Å². The predicted molar refractivity (Wildman–Crippen MR) is 56.2 cm³/mol. The summed E-state index contributed by atoms with van der Waals surface area (Å²) >= 11 is 0. The lowest BCUT2D eigenvalue weighted by molar-refractivity contribution is 0.244. The third-order valence-corrected chi connectivity index (χ3v) is 1.97. The van der Waals surface area contributed by atoms with E-state index < -0.39 is 0 Å². The molecular formula is C11H17NO2. The van der Waals surface area contributed by atoms with Gasteiger partial charge in [0.2, 0.25) is 0 Å². The summed E-state index contributed by atoms with van der Waals surface area (Å²) in [6.45, 7) is 0.697. The highest BCUT2D eigenvalue weighted by molar-refractivity contribution is 5.20. The largest absolute Gasteiger partial charge is 0.494 e. The van der Waals surface area contributed by atoms with Crippen molar-refractivity contribution >= 4 is 0 Å². The van der Waals surface area contributed by atoms with Crippen LogP contribution in [0.2, 0.25) is 0 Å². The number of hydrogen-bond acceptors (Lipinski definition) is 3. The highest BCUT2D eigenvalue weighted by atomic mass is 16.5. The van der Waals surface area contributed by atoms with Crippen LogP contribution in [0.25, 0.3) is 0 Å². The number of rotatable bonds is 6. The van der Waals surface area contributed by atoms with Crippen molar-refractivity contribution in [1.29, 1.82) is 0 Å². The molecule has 1 unspecified atom stereocenters. The summed E-state index contributed by atoms with van der Waals surface area (Å²) in [5, 5.41) is 8.69. The van der Waals surface area contributed by atoms with Gasteiger partial charge in [-0.25, -0.2) is 0 Å². The zero-order valence-corrected chi connectivity index (χ0v) is 8.23. The summed E-state index contributed by atoms with van der Waals surface area (Å²) < 4.78 is 5.46. The van der Waals surface area contributed by atoms with Crippen LogP contribution in [0, 0.1) is 0 Å². The van der Waals surface area contributed by atoms with E-state index in [4.69, 9.17) is 15.6 Å². The van der Waals surface area contributed by atoms with Crippen LogP contribution < -0.4 is 10.5 Å². The molecule has 0 fully saturated rings. The molecule has 1 aromatic carbocycles. The summed E-state index contributed by atoms with van der Waals surface area (Å²) in [4.78, 5) is 0. The van der Waals surface area contributed by atoms with Crippen LogP contribution in [-0.2, 0) is 0 Å². The van der Waals surface area contributed by atoms with Crippen LogP contribution in [0.4, 0.5) is 0 Å². The van der Waals surface area contributed by atoms with Crippen molar-refractivity contribution in [2.24, 2.45) is 5.73 Å². The molecule has 0 amide bonds. The van der Waals surface area contributed by atoms with Gasteiger partial charge in [0.05, 0.1) is 13.2 Å². The number of para-hydroxylation sites is 1. The smallest absolute Gasteiger partial charge is 0.119 e. The molecule has 78 valence electrons. The van der Waals surface area contributed by atoms with E-state index in [1.165, 1.54) is 0 Å². The molecular weight excluding hydrogens is 178 g/mol. The van der Waals surface area contributed by atoms with Gasteiger partial charge in [0.25, 0.3) is 0 Å². The number of aliphatic hydroxyl groups excluding tert-OH is 1. The summed E-state index contributed by atoms with van der Waals surface area (Å²) in [5.74, 6) is 0.880. The summed E-state index contributed by atoms with van der Waals surface area (Å²) in [6, 6.07) is 9.56. The van der Waals surface area contributed by atoms with Crippen molar-refractivity contribution in [3.8, 4) is 5.75 Å². The first-order chi connectivity index (χ1) is 6.83. The van der Waals surface area contributed by atoms with Crippen LogP contribution in [0.5, 0.6) is 5.75 Å². The van der Waals surface area contributed by atoms with Crippen LogP contribution in [0.15, 0.2) is 30.3 Å². The van der Waals surface area contributed by atoms with Gasteiger partial charge in [0.15, 0.2) is 0 Å². The van der Waals surface area contributed by atoms with Crippen molar-refractivity contribution < 1.29 is 9.84 Å². The van der Waals surface area contributed by atoms with Crippen LogP contribution in [0.1, 0.15) is 12.8 Å². The molecule has 14 heavy (non-hydrogen) atoms. The fourth-order valence-electron chi connectivity index (χ4n) is 1.14. The second-order valence-electron chi connectivity index (χ2n) is 3.25. The first-order valence-corrected chi connectivity index (χ1v) is 4.87. The zero-order valence-electron chi connectivity index (χ0n) is 8.23. The normalized spacial score (nSPS) is 12.4. The highest BCUT2D eigenvalue weighted by Crippen LogP contribution is 2.08. The average Bonchev–Trinajstić information content (AvgIpc) is 2.25. The van der Waals surface area contributed by atoms with E-state index in [9.17, 15) is 0 Å². The number of benzene rings is 1. The van der Waals surface area contributed by atoms with Crippen molar-refractivity contribution in [3.63, 3.8) is 0 Å². The van der Waals surface area contributed by atoms with Gasteiger partial charge in [-0.15, -0.1) is 0 Å².